The summed E-state index contributed by atoms with van der Waals surface area (Å²) in [5.74, 6) is 0.589. The van der Waals surface area contributed by atoms with Crippen LogP contribution >= 0.6 is 22.6 Å². The van der Waals surface area contributed by atoms with Crippen molar-refractivity contribution in [2.45, 2.75) is 6.54 Å². The Morgan fingerprint density at radius 2 is 2.06 bits per heavy atom. The van der Waals surface area contributed by atoms with Gasteiger partial charge in [-0.3, -0.25) is 4.79 Å². The van der Waals surface area contributed by atoms with E-state index < -0.39 is 0 Å². The summed E-state index contributed by atoms with van der Waals surface area (Å²) in [6, 6.07) is 7.55. The molecule has 2 aromatic rings. The van der Waals surface area contributed by atoms with Crippen molar-refractivity contribution in [3.63, 3.8) is 0 Å². The Morgan fingerprint density at radius 1 is 1.35 bits per heavy atom. The van der Waals surface area contributed by atoms with Gasteiger partial charge in [-0.1, -0.05) is 12.1 Å². The summed E-state index contributed by atoms with van der Waals surface area (Å²) < 4.78 is 0.556. The quantitative estimate of drug-likeness (QED) is 0.584. The summed E-state index contributed by atoms with van der Waals surface area (Å²) in [4.78, 5) is 17.9. The Labute approximate surface area is 112 Å². The zero-order chi connectivity index (χ0) is 12.3. The molecule has 0 aliphatic rings. The average Bonchev–Trinajstić information content (AvgIpc) is 2.33. The first kappa shape index (κ1) is 11.9. The fraction of sp³-hybridized carbons (Fsp3) is 0.0909. The van der Waals surface area contributed by atoms with Gasteiger partial charge in [0.1, 0.15) is 9.39 Å². The first-order valence-corrected chi connectivity index (χ1v) is 6.06. The molecular formula is C11H11IN4O. The van der Waals surface area contributed by atoms with Gasteiger partial charge in [-0.25, -0.2) is 4.98 Å². The summed E-state index contributed by atoms with van der Waals surface area (Å²) in [5.41, 5.74) is 7.27. The first-order chi connectivity index (χ1) is 8.16. The Balaban J connectivity index is 2.10. The minimum absolute atomic E-state index is 0.139. The second-order valence-electron chi connectivity index (χ2n) is 3.49. The molecule has 0 bridgehead atoms. The largest absolute Gasteiger partial charge is 0.399 e. The summed E-state index contributed by atoms with van der Waals surface area (Å²) in [7, 11) is 0. The van der Waals surface area contributed by atoms with Gasteiger partial charge in [0, 0.05) is 12.2 Å². The number of halogens is 1. The maximum Gasteiger partial charge on any atom is 0.266 e. The molecule has 0 fully saturated rings. The Bertz CT molecular complexity index is 564. The molecule has 0 aliphatic heterocycles. The molecule has 0 atom stereocenters. The minimum atomic E-state index is -0.139. The number of nitrogens with one attached hydrogen (secondary N) is 2. The lowest BCUT2D eigenvalue weighted by Crippen LogP contribution is -2.14. The summed E-state index contributed by atoms with van der Waals surface area (Å²) in [6.07, 6.45) is 1.38. The number of aromatic nitrogens is 2. The van der Waals surface area contributed by atoms with Crippen molar-refractivity contribution in [1.29, 1.82) is 0 Å². The maximum atomic E-state index is 11.3. The van der Waals surface area contributed by atoms with E-state index in [9.17, 15) is 4.79 Å². The van der Waals surface area contributed by atoms with Crippen LogP contribution in [-0.4, -0.2) is 9.97 Å². The predicted molar refractivity (Wildman–Crippen MR) is 75.8 cm³/mol. The standard InChI is InChI=1S/C11H11IN4O/c12-9-10(15-6-16-11(9)17)14-5-7-1-3-8(13)4-2-7/h1-4,6H,5,13H2,(H2,14,15,16,17). The van der Waals surface area contributed by atoms with Crippen molar-refractivity contribution in [2.24, 2.45) is 0 Å². The smallest absolute Gasteiger partial charge is 0.266 e. The van der Waals surface area contributed by atoms with Crippen LogP contribution in [0.5, 0.6) is 0 Å². The molecule has 17 heavy (non-hydrogen) atoms. The van der Waals surface area contributed by atoms with Gasteiger partial charge in [0.05, 0.1) is 6.33 Å². The molecule has 0 amide bonds. The number of hydrogen-bond acceptors (Lipinski definition) is 4. The van der Waals surface area contributed by atoms with E-state index in [1.807, 2.05) is 46.9 Å². The van der Waals surface area contributed by atoms with Gasteiger partial charge in [0.2, 0.25) is 0 Å². The van der Waals surface area contributed by atoms with Crippen LogP contribution in [-0.2, 0) is 6.54 Å². The summed E-state index contributed by atoms with van der Waals surface area (Å²) in [6.45, 7) is 0.604. The Hall–Kier alpha value is -1.57. The van der Waals surface area contributed by atoms with Gasteiger partial charge in [-0.15, -0.1) is 0 Å². The Kier molecular flexibility index (Phi) is 3.62. The predicted octanol–water partition coefficient (Wildman–Crippen LogP) is 1.57. The van der Waals surface area contributed by atoms with E-state index in [1.165, 1.54) is 6.33 Å². The van der Waals surface area contributed by atoms with Crippen LogP contribution in [0, 0.1) is 3.57 Å². The first-order valence-electron chi connectivity index (χ1n) is 4.98. The molecule has 0 aliphatic carbocycles. The van der Waals surface area contributed by atoms with Gasteiger partial charge in [0.25, 0.3) is 5.56 Å². The van der Waals surface area contributed by atoms with E-state index >= 15 is 0 Å². The highest BCUT2D eigenvalue weighted by Crippen LogP contribution is 2.11. The van der Waals surface area contributed by atoms with E-state index in [0.717, 1.165) is 11.3 Å². The number of hydrogen-bond donors (Lipinski definition) is 3. The van der Waals surface area contributed by atoms with Crippen molar-refractivity contribution >= 4 is 34.1 Å². The van der Waals surface area contributed by atoms with Crippen molar-refractivity contribution < 1.29 is 0 Å². The zero-order valence-electron chi connectivity index (χ0n) is 8.90. The number of rotatable bonds is 3. The van der Waals surface area contributed by atoms with E-state index in [2.05, 4.69) is 15.3 Å². The van der Waals surface area contributed by atoms with Gasteiger partial charge in [-0.05, 0) is 40.3 Å². The second kappa shape index (κ2) is 5.17. The molecule has 0 spiro atoms. The van der Waals surface area contributed by atoms with E-state index in [4.69, 9.17) is 5.73 Å². The lowest BCUT2D eigenvalue weighted by atomic mass is 10.2. The van der Waals surface area contributed by atoms with E-state index in [-0.39, 0.29) is 5.56 Å². The lowest BCUT2D eigenvalue weighted by Gasteiger charge is -2.06. The molecule has 1 aromatic carbocycles. The zero-order valence-corrected chi connectivity index (χ0v) is 11.1. The van der Waals surface area contributed by atoms with Crippen molar-refractivity contribution in [3.8, 4) is 0 Å². The van der Waals surface area contributed by atoms with E-state index in [1.54, 1.807) is 0 Å². The third-order valence-electron chi connectivity index (χ3n) is 2.24. The number of nitrogens with zero attached hydrogens (tertiary/aromatic N) is 1. The van der Waals surface area contributed by atoms with Crippen LogP contribution in [0.3, 0.4) is 0 Å². The molecule has 5 nitrogen and oxygen atoms in total. The molecule has 4 N–H and O–H groups in total. The SMILES string of the molecule is Nc1ccc(CNc2nc[nH]c(=O)c2I)cc1. The lowest BCUT2D eigenvalue weighted by molar-refractivity contribution is 1.05. The third kappa shape index (κ3) is 2.96. The highest BCUT2D eigenvalue weighted by atomic mass is 127. The topological polar surface area (TPSA) is 83.8 Å². The maximum absolute atomic E-state index is 11.3. The van der Waals surface area contributed by atoms with Crippen LogP contribution in [0.1, 0.15) is 5.56 Å². The van der Waals surface area contributed by atoms with Gasteiger partial charge in [0.15, 0.2) is 0 Å². The molecule has 0 saturated carbocycles. The highest BCUT2D eigenvalue weighted by molar-refractivity contribution is 14.1. The molecular weight excluding hydrogens is 331 g/mol. The van der Waals surface area contributed by atoms with Crippen molar-refractivity contribution in [1.82, 2.24) is 9.97 Å². The van der Waals surface area contributed by atoms with Crippen LogP contribution in [0.4, 0.5) is 11.5 Å². The van der Waals surface area contributed by atoms with Gasteiger partial charge < -0.3 is 16.0 Å². The number of benzene rings is 1. The fourth-order valence-corrected chi connectivity index (χ4v) is 1.81. The monoisotopic (exact) mass is 342 g/mol. The Morgan fingerprint density at radius 3 is 2.76 bits per heavy atom. The van der Waals surface area contributed by atoms with Gasteiger partial charge in [-0.2, -0.15) is 0 Å². The average molecular weight is 342 g/mol. The normalized spacial score (nSPS) is 10.2. The molecule has 88 valence electrons. The third-order valence-corrected chi connectivity index (χ3v) is 3.24. The number of anilines is 2. The summed E-state index contributed by atoms with van der Waals surface area (Å²) >= 11 is 1.96. The number of aromatic amines is 1. The number of nitrogens with two attached hydrogens (primary N) is 1. The molecule has 2 rings (SSSR count). The summed E-state index contributed by atoms with van der Waals surface area (Å²) in [5, 5.41) is 3.11. The fourth-order valence-electron chi connectivity index (χ4n) is 1.33. The molecule has 6 heteroatoms. The number of nitrogen functional groups attached to an aromatic ring is 1. The van der Waals surface area contributed by atoms with Gasteiger partial charge >= 0.3 is 0 Å². The molecule has 1 heterocycles. The van der Waals surface area contributed by atoms with Crippen LogP contribution in [0.15, 0.2) is 35.4 Å². The van der Waals surface area contributed by atoms with Crippen LogP contribution in [0.2, 0.25) is 0 Å². The second-order valence-corrected chi connectivity index (χ2v) is 4.57. The van der Waals surface area contributed by atoms with Crippen LogP contribution in [0.25, 0.3) is 0 Å². The molecule has 0 unspecified atom stereocenters. The number of H-pyrrole nitrogens is 1. The molecule has 0 radical (unpaired) electrons. The van der Waals surface area contributed by atoms with Crippen molar-refractivity contribution in [3.05, 3.63) is 50.1 Å². The van der Waals surface area contributed by atoms with E-state index in [0.29, 0.717) is 15.9 Å². The molecule has 0 saturated heterocycles. The highest BCUT2D eigenvalue weighted by Gasteiger charge is 2.04. The minimum Gasteiger partial charge on any atom is -0.399 e. The molecule has 1 aromatic heterocycles. The van der Waals surface area contributed by atoms with Crippen LogP contribution < -0.4 is 16.6 Å². The van der Waals surface area contributed by atoms with Crippen molar-refractivity contribution in [2.75, 3.05) is 11.1 Å².